The van der Waals surface area contributed by atoms with Crippen molar-refractivity contribution in [3.8, 4) is 11.1 Å². The standard InChI is InChI=1S/C21H19F4NO2/c1-12(27)15-11-18-17(10-16(15)13-4-6-14(22)7-5-13)20(2,3)8-9-26(18)19(28)21(23,24)25/h4-7,10-11H,8-9H2,1-3H3. The maximum atomic E-state index is 13.3. The fourth-order valence-corrected chi connectivity index (χ4v) is 3.52. The molecular formula is C21H19F4NO2. The first-order chi connectivity index (χ1) is 12.9. The van der Waals surface area contributed by atoms with E-state index >= 15 is 0 Å². The summed E-state index contributed by atoms with van der Waals surface area (Å²) in [6.07, 6.45) is -4.67. The minimum atomic E-state index is -5.01. The smallest absolute Gasteiger partial charge is 0.304 e. The van der Waals surface area contributed by atoms with Crippen LogP contribution >= 0.6 is 0 Å². The van der Waals surface area contributed by atoms with Gasteiger partial charge >= 0.3 is 12.1 Å². The Hall–Kier alpha value is -2.70. The molecule has 28 heavy (non-hydrogen) atoms. The van der Waals surface area contributed by atoms with Crippen molar-refractivity contribution in [2.45, 2.75) is 38.8 Å². The molecule has 0 aliphatic carbocycles. The first kappa shape index (κ1) is 20.0. The van der Waals surface area contributed by atoms with Crippen molar-refractivity contribution in [3.05, 3.63) is 53.3 Å². The van der Waals surface area contributed by atoms with Gasteiger partial charge in [-0.15, -0.1) is 0 Å². The predicted molar refractivity (Wildman–Crippen MR) is 97.9 cm³/mol. The number of anilines is 1. The molecule has 2 aromatic carbocycles. The highest BCUT2D eigenvalue weighted by atomic mass is 19.4. The molecule has 0 unspecified atom stereocenters. The number of hydrogen-bond acceptors (Lipinski definition) is 2. The molecule has 0 fully saturated rings. The van der Waals surface area contributed by atoms with Crippen LogP contribution < -0.4 is 4.90 Å². The molecule has 3 rings (SSSR count). The molecule has 2 aromatic rings. The largest absolute Gasteiger partial charge is 0.471 e. The molecule has 0 N–H and O–H groups in total. The number of alkyl halides is 3. The van der Waals surface area contributed by atoms with Crippen molar-refractivity contribution in [3.63, 3.8) is 0 Å². The van der Waals surface area contributed by atoms with E-state index in [1.807, 2.05) is 13.8 Å². The molecule has 0 atom stereocenters. The second kappa shape index (κ2) is 6.72. The first-order valence-corrected chi connectivity index (χ1v) is 8.76. The van der Waals surface area contributed by atoms with Crippen molar-refractivity contribution < 1.29 is 27.2 Å². The Labute approximate surface area is 160 Å². The summed E-state index contributed by atoms with van der Waals surface area (Å²) in [6, 6.07) is 8.53. The number of benzene rings is 2. The zero-order valence-electron chi connectivity index (χ0n) is 15.7. The van der Waals surface area contributed by atoms with E-state index in [4.69, 9.17) is 0 Å². The fraction of sp³-hybridized carbons (Fsp3) is 0.333. The topological polar surface area (TPSA) is 37.4 Å². The summed E-state index contributed by atoms with van der Waals surface area (Å²) < 4.78 is 52.5. The first-order valence-electron chi connectivity index (χ1n) is 8.76. The summed E-state index contributed by atoms with van der Waals surface area (Å²) in [7, 11) is 0. The van der Waals surface area contributed by atoms with Gasteiger partial charge in [-0.2, -0.15) is 13.2 Å². The van der Waals surface area contributed by atoms with E-state index in [1.165, 1.54) is 37.3 Å². The van der Waals surface area contributed by atoms with Gasteiger partial charge in [0.25, 0.3) is 0 Å². The summed E-state index contributed by atoms with van der Waals surface area (Å²) >= 11 is 0. The van der Waals surface area contributed by atoms with Gasteiger partial charge in [-0.3, -0.25) is 9.59 Å². The minimum absolute atomic E-state index is 0.0917. The molecule has 1 amide bonds. The van der Waals surface area contributed by atoms with Gasteiger partial charge in [0.05, 0.1) is 0 Å². The molecule has 148 valence electrons. The van der Waals surface area contributed by atoms with Crippen LogP contribution in [0.5, 0.6) is 0 Å². The van der Waals surface area contributed by atoms with Gasteiger partial charge in [0, 0.05) is 17.8 Å². The van der Waals surface area contributed by atoms with Crippen LogP contribution in [0.4, 0.5) is 23.2 Å². The van der Waals surface area contributed by atoms with E-state index < -0.39 is 23.3 Å². The van der Waals surface area contributed by atoms with Crippen LogP contribution in [0.2, 0.25) is 0 Å². The SMILES string of the molecule is CC(=O)c1cc2c(cc1-c1ccc(F)cc1)C(C)(C)CCN2C(=O)C(F)(F)F. The number of halogens is 4. The number of ketones is 1. The molecule has 0 saturated heterocycles. The van der Waals surface area contributed by atoms with Crippen molar-refractivity contribution >= 4 is 17.4 Å². The van der Waals surface area contributed by atoms with Gasteiger partial charge in [-0.1, -0.05) is 26.0 Å². The molecule has 0 bridgehead atoms. The third kappa shape index (κ3) is 3.53. The van der Waals surface area contributed by atoms with Gasteiger partial charge in [-0.05, 0) is 59.7 Å². The van der Waals surface area contributed by atoms with E-state index in [0.717, 1.165) is 0 Å². The third-order valence-electron chi connectivity index (χ3n) is 5.14. The number of amides is 1. The Bertz CT molecular complexity index is 946. The minimum Gasteiger partial charge on any atom is -0.304 e. The molecular weight excluding hydrogens is 374 g/mol. The molecule has 1 aliphatic rings. The monoisotopic (exact) mass is 393 g/mol. The van der Waals surface area contributed by atoms with Gasteiger partial charge < -0.3 is 4.90 Å². The second-order valence-corrected chi connectivity index (χ2v) is 7.57. The van der Waals surface area contributed by atoms with Gasteiger partial charge in [-0.25, -0.2) is 4.39 Å². The zero-order chi connectivity index (χ0) is 20.9. The Balaban J connectivity index is 2.26. The molecule has 0 spiro atoms. The van der Waals surface area contributed by atoms with Crippen LogP contribution in [0.1, 0.15) is 43.1 Å². The number of carbonyl (C=O) groups excluding carboxylic acids is 2. The lowest BCUT2D eigenvalue weighted by Gasteiger charge is -2.40. The van der Waals surface area contributed by atoms with Crippen LogP contribution in [0, 0.1) is 5.82 Å². The normalized spacial score (nSPS) is 15.9. The molecule has 0 saturated carbocycles. The van der Waals surface area contributed by atoms with Crippen LogP contribution in [-0.4, -0.2) is 24.4 Å². The predicted octanol–water partition coefficient (Wildman–Crippen LogP) is 5.27. The average molecular weight is 393 g/mol. The number of nitrogens with zero attached hydrogens (tertiary/aromatic N) is 1. The van der Waals surface area contributed by atoms with E-state index in [9.17, 15) is 27.2 Å². The zero-order valence-corrected chi connectivity index (χ0v) is 15.7. The maximum Gasteiger partial charge on any atom is 0.471 e. The summed E-state index contributed by atoms with van der Waals surface area (Å²) in [5.41, 5.74) is 1.39. The van der Waals surface area contributed by atoms with Crippen molar-refractivity contribution in [2.75, 3.05) is 11.4 Å². The molecule has 1 heterocycles. The number of hydrogen-bond donors (Lipinski definition) is 0. The fourth-order valence-electron chi connectivity index (χ4n) is 3.52. The van der Waals surface area contributed by atoms with Crippen LogP contribution in [-0.2, 0) is 10.2 Å². The van der Waals surface area contributed by atoms with E-state index in [1.54, 1.807) is 6.07 Å². The van der Waals surface area contributed by atoms with Crippen molar-refractivity contribution in [1.82, 2.24) is 0 Å². The van der Waals surface area contributed by atoms with Crippen LogP contribution in [0.25, 0.3) is 11.1 Å². The summed E-state index contributed by atoms with van der Waals surface area (Å²) in [5, 5.41) is 0. The highest BCUT2D eigenvalue weighted by Gasteiger charge is 2.46. The third-order valence-corrected chi connectivity index (χ3v) is 5.14. The van der Waals surface area contributed by atoms with Gasteiger partial charge in [0.1, 0.15) is 5.82 Å². The lowest BCUT2D eigenvalue weighted by molar-refractivity contribution is -0.170. The highest BCUT2D eigenvalue weighted by Crippen LogP contribution is 2.44. The summed E-state index contributed by atoms with van der Waals surface area (Å²) in [5.74, 6) is -2.74. The maximum absolute atomic E-state index is 13.3. The molecule has 3 nitrogen and oxygen atoms in total. The Morgan fingerprint density at radius 1 is 1.07 bits per heavy atom. The molecule has 0 radical (unpaired) electrons. The van der Waals surface area contributed by atoms with E-state index in [-0.39, 0.29) is 23.6 Å². The van der Waals surface area contributed by atoms with Crippen molar-refractivity contribution in [2.24, 2.45) is 0 Å². The molecule has 7 heteroatoms. The second-order valence-electron chi connectivity index (χ2n) is 7.57. The number of Topliss-reactive ketones (excluding diaryl/α,β-unsaturated/α-hetero) is 1. The molecule has 0 aromatic heterocycles. The average Bonchev–Trinajstić information content (AvgIpc) is 2.60. The molecule has 1 aliphatic heterocycles. The van der Waals surface area contributed by atoms with Crippen LogP contribution in [0.15, 0.2) is 36.4 Å². The van der Waals surface area contributed by atoms with E-state index in [0.29, 0.717) is 28.0 Å². The summed E-state index contributed by atoms with van der Waals surface area (Å²) in [4.78, 5) is 24.9. The number of fused-ring (bicyclic) bond motifs is 1. The lowest BCUT2D eigenvalue weighted by Crippen LogP contribution is -2.47. The quantitative estimate of drug-likeness (QED) is 0.515. The van der Waals surface area contributed by atoms with Gasteiger partial charge in [0.2, 0.25) is 0 Å². The Morgan fingerprint density at radius 3 is 2.21 bits per heavy atom. The Kier molecular flexibility index (Phi) is 4.81. The van der Waals surface area contributed by atoms with Crippen molar-refractivity contribution in [1.29, 1.82) is 0 Å². The number of carbonyl (C=O) groups is 2. The Morgan fingerprint density at radius 2 is 1.68 bits per heavy atom. The van der Waals surface area contributed by atoms with Crippen LogP contribution in [0.3, 0.4) is 0 Å². The van der Waals surface area contributed by atoms with E-state index in [2.05, 4.69) is 0 Å². The highest BCUT2D eigenvalue weighted by molar-refractivity contribution is 6.05. The van der Waals surface area contributed by atoms with Gasteiger partial charge in [0.15, 0.2) is 5.78 Å². The lowest BCUT2D eigenvalue weighted by atomic mass is 9.75. The number of rotatable bonds is 2. The summed E-state index contributed by atoms with van der Waals surface area (Å²) in [6.45, 7) is 4.97.